The number of thioether (sulfide) groups is 1. The minimum absolute atomic E-state index is 0.210. The van der Waals surface area contributed by atoms with E-state index in [9.17, 15) is 5.26 Å². The summed E-state index contributed by atoms with van der Waals surface area (Å²) in [6.07, 6.45) is 0. The third-order valence-electron chi connectivity index (χ3n) is 2.91. The molecular weight excluding hydrogens is 300 g/mol. The summed E-state index contributed by atoms with van der Waals surface area (Å²) in [6.45, 7) is 5.98. The van der Waals surface area contributed by atoms with Crippen LogP contribution in [-0.2, 0) is 5.54 Å². The van der Waals surface area contributed by atoms with Crippen molar-refractivity contribution in [3.63, 3.8) is 0 Å². The Kier molecular flexibility index (Phi) is 5.34. The van der Waals surface area contributed by atoms with E-state index in [1.807, 2.05) is 37.3 Å². The van der Waals surface area contributed by atoms with E-state index < -0.39 is 5.54 Å². The normalized spacial score (nSPS) is 13.9. The lowest BCUT2D eigenvalue weighted by molar-refractivity contribution is 0.425. The number of nitrogens with one attached hydrogen (secondary N) is 1. The first-order valence-corrected chi connectivity index (χ1v) is 8.49. The van der Waals surface area contributed by atoms with Gasteiger partial charge in [0, 0.05) is 11.8 Å². The molecule has 1 atom stereocenters. The number of aryl methyl sites for hydroxylation is 1. The van der Waals surface area contributed by atoms with Gasteiger partial charge in [-0.15, -0.1) is 0 Å². The lowest BCUT2D eigenvalue weighted by atomic mass is 9.92. The second-order valence-corrected chi connectivity index (χ2v) is 7.05. The molecule has 0 aliphatic rings. The third-order valence-corrected chi connectivity index (χ3v) is 5.01. The van der Waals surface area contributed by atoms with Crippen molar-refractivity contribution in [2.75, 3.05) is 5.75 Å². The van der Waals surface area contributed by atoms with Gasteiger partial charge in [-0.25, -0.2) is 4.98 Å². The van der Waals surface area contributed by atoms with Gasteiger partial charge in [-0.1, -0.05) is 42.1 Å². The van der Waals surface area contributed by atoms with Gasteiger partial charge in [0.2, 0.25) is 0 Å². The first kappa shape index (κ1) is 16.0. The van der Waals surface area contributed by atoms with Crippen LogP contribution in [0.2, 0.25) is 0 Å². The molecule has 2 rings (SSSR count). The molecular formula is C15H18N4S2. The number of hydrogen-bond acceptors (Lipinski definition) is 6. The summed E-state index contributed by atoms with van der Waals surface area (Å²) in [5.74, 6) is 1.38. The Balaban J connectivity index is 2.25. The average Bonchev–Trinajstić information content (AvgIpc) is 2.90. The Morgan fingerprint density at radius 1 is 1.38 bits per heavy atom. The highest BCUT2D eigenvalue weighted by Crippen LogP contribution is 2.30. The maximum absolute atomic E-state index is 9.80. The van der Waals surface area contributed by atoms with Crippen LogP contribution < -0.4 is 5.32 Å². The van der Waals surface area contributed by atoms with Crippen LogP contribution in [-0.4, -0.2) is 21.2 Å². The number of rotatable bonds is 6. The average molecular weight is 318 g/mol. The lowest BCUT2D eigenvalue weighted by Gasteiger charge is -2.30. The van der Waals surface area contributed by atoms with Crippen LogP contribution >= 0.6 is 23.3 Å². The van der Waals surface area contributed by atoms with Gasteiger partial charge >= 0.3 is 0 Å². The monoisotopic (exact) mass is 318 g/mol. The Morgan fingerprint density at radius 3 is 2.62 bits per heavy atom. The SMILES string of the molecule is Cc1nsc(SCC(C#N)(NC(C)C)c2ccccc2)n1. The van der Waals surface area contributed by atoms with Gasteiger partial charge in [0.1, 0.15) is 11.4 Å². The van der Waals surface area contributed by atoms with Gasteiger partial charge in [-0.3, -0.25) is 5.32 Å². The summed E-state index contributed by atoms with van der Waals surface area (Å²) in [5, 5.41) is 13.2. The quantitative estimate of drug-likeness (QED) is 0.828. The lowest BCUT2D eigenvalue weighted by Crippen LogP contribution is -2.47. The van der Waals surface area contributed by atoms with Gasteiger partial charge in [0.25, 0.3) is 0 Å². The highest BCUT2D eigenvalue weighted by Gasteiger charge is 2.33. The molecule has 0 spiro atoms. The molecule has 1 aromatic carbocycles. The summed E-state index contributed by atoms with van der Waals surface area (Å²) in [5.41, 5.74) is 0.259. The molecule has 0 radical (unpaired) electrons. The van der Waals surface area contributed by atoms with E-state index in [1.54, 1.807) is 11.8 Å². The summed E-state index contributed by atoms with van der Waals surface area (Å²) in [7, 11) is 0. The molecule has 1 aromatic heterocycles. The van der Waals surface area contributed by atoms with Gasteiger partial charge in [0.15, 0.2) is 4.34 Å². The Bertz CT molecular complexity index is 618. The smallest absolute Gasteiger partial charge is 0.170 e. The van der Waals surface area contributed by atoms with E-state index in [-0.39, 0.29) is 6.04 Å². The van der Waals surface area contributed by atoms with Gasteiger partial charge in [0.05, 0.1) is 6.07 Å². The zero-order valence-electron chi connectivity index (χ0n) is 12.3. The molecule has 0 saturated heterocycles. The first-order valence-electron chi connectivity index (χ1n) is 6.73. The van der Waals surface area contributed by atoms with E-state index in [4.69, 9.17) is 0 Å². The topological polar surface area (TPSA) is 61.6 Å². The largest absolute Gasteiger partial charge is 0.293 e. The highest BCUT2D eigenvalue weighted by atomic mass is 32.2. The third kappa shape index (κ3) is 4.03. The molecule has 0 fully saturated rings. The molecule has 4 nitrogen and oxygen atoms in total. The van der Waals surface area contributed by atoms with Crippen molar-refractivity contribution in [3.05, 3.63) is 41.7 Å². The highest BCUT2D eigenvalue weighted by molar-refractivity contribution is 8.01. The van der Waals surface area contributed by atoms with E-state index in [0.717, 1.165) is 15.7 Å². The number of hydrogen-bond donors (Lipinski definition) is 1. The van der Waals surface area contributed by atoms with Crippen LogP contribution in [0.15, 0.2) is 34.7 Å². The van der Waals surface area contributed by atoms with Crippen LogP contribution in [0.5, 0.6) is 0 Å². The molecule has 0 aliphatic heterocycles. The molecule has 0 bridgehead atoms. The van der Waals surface area contributed by atoms with Crippen molar-refractivity contribution < 1.29 is 0 Å². The van der Waals surface area contributed by atoms with Crippen molar-refractivity contribution >= 4 is 23.3 Å². The molecule has 0 saturated carbocycles. The minimum Gasteiger partial charge on any atom is -0.293 e. The maximum Gasteiger partial charge on any atom is 0.170 e. The van der Waals surface area contributed by atoms with Crippen molar-refractivity contribution in [2.24, 2.45) is 0 Å². The van der Waals surface area contributed by atoms with Crippen molar-refractivity contribution in [1.82, 2.24) is 14.7 Å². The molecule has 6 heteroatoms. The maximum atomic E-state index is 9.80. The summed E-state index contributed by atoms with van der Waals surface area (Å²) >= 11 is 2.95. The second kappa shape index (κ2) is 7.03. The molecule has 1 N–H and O–H groups in total. The molecule has 1 unspecified atom stereocenters. The predicted molar refractivity (Wildman–Crippen MR) is 87.4 cm³/mol. The fourth-order valence-electron chi connectivity index (χ4n) is 2.06. The minimum atomic E-state index is -0.723. The van der Waals surface area contributed by atoms with Gasteiger partial charge in [-0.2, -0.15) is 9.64 Å². The Morgan fingerprint density at radius 2 is 2.10 bits per heavy atom. The number of nitriles is 1. The number of nitrogens with zero attached hydrogens (tertiary/aromatic N) is 3. The fourth-order valence-corrected chi connectivity index (χ4v) is 3.83. The van der Waals surface area contributed by atoms with E-state index in [2.05, 4.69) is 34.6 Å². The Labute approximate surface area is 133 Å². The predicted octanol–water partition coefficient (Wildman–Crippen LogP) is 3.36. The van der Waals surface area contributed by atoms with Gasteiger partial charge < -0.3 is 0 Å². The molecule has 2 aromatic rings. The molecule has 21 heavy (non-hydrogen) atoms. The zero-order valence-corrected chi connectivity index (χ0v) is 14.0. The molecule has 0 amide bonds. The summed E-state index contributed by atoms with van der Waals surface area (Å²) in [4.78, 5) is 4.35. The fraction of sp³-hybridized carbons (Fsp3) is 0.400. The van der Waals surface area contributed by atoms with E-state index in [0.29, 0.717) is 5.75 Å². The van der Waals surface area contributed by atoms with Crippen LogP contribution in [0.25, 0.3) is 0 Å². The molecule has 0 aliphatic carbocycles. The standard InChI is InChI=1S/C15H18N4S2/c1-11(2)18-15(9-16,13-7-5-4-6-8-13)10-20-14-17-12(3)19-21-14/h4-8,11,18H,10H2,1-3H3. The van der Waals surface area contributed by atoms with Crippen LogP contribution in [0.4, 0.5) is 0 Å². The second-order valence-electron chi connectivity index (χ2n) is 5.08. The zero-order chi connectivity index (χ0) is 15.3. The Hall–Kier alpha value is -1.42. The van der Waals surface area contributed by atoms with Crippen LogP contribution in [0.3, 0.4) is 0 Å². The van der Waals surface area contributed by atoms with Crippen molar-refractivity contribution in [2.45, 2.75) is 36.7 Å². The molecule has 1 heterocycles. The first-order chi connectivity index (χ1) is 10.1. The van der Waals surface area contributed by atoms with E-state index in [1.165, 1.54) is 11.5 Å². The number of benzene rings is 1. The van der Waals surface area contributed by atoms with Gasteiger partial charge in [-0.05, 0) is 37.9 Å². The molecule has 110 valence electrons. The van der Waals surface area contributed by atoms with Crippen molar-refractivity contribution in [1.29, 1.82) is 5.26 Å². The summed E-state index contributed by atoms with van der Waals surface area (Å²) in [6, 6.07) is 12.5. The number of aromatic nitrogens is 2. The van der Waals surface area contributed by atoms with E-state index >= 15 is 0 Å². The van der Waals surface area contributed by atoms with Crippen LogP contribution in [0.1, 0.15) is 25.2 Å². The van der Waals surface area contributed by atoms with Crippen LogP contribution in [0, 0.1) is 18.3 Å². The van der Waals surface area contributed by atoms with Crippen molar-refractivity contribution in [3.8, 4) is 6.07 Å². The summed E-state index contributed by atoms with van der Waals surface area (Å²) < 4.78 is 5.08.